The van der Waals surface area contributed by atoms with Crippen LogP contribution in [0.2, 0.25) is 0 Å². The van der Waals surface area contributed by atoms with Gasteiger partial charge in [-0.1, -0.05) is 0 Å². The molecule has 0 saturated heterocycles. The Bertz CT molecular complexity index is 1340. The summed E-state index contributed by atoms with van der Waals surface area (Å²) in [5, 5.41) is 2.29. The molecule has 0 spiro atoms. The zero-order valence-electron chi connectivity index (χ0n) is 18.8. The molecule has 3 aromatic rings. The highest BCUT2D eigenvalue weighted by Gasteiger charge is 2.36. The van der Waals surface area contributed by atoms with E-state index in [0.717, 1.165) is 25.3 Å². The number of pyridine rings is 1. The molecule has 3 rings (SSSR count). The number of benzene rings is 2. The van der Waals surface area contributed by atoms with Gasteiger partial charge in [0.05, 0.1) is 18.2 Å². The minimum atomic E-state index is -5.17. The number of carbonyl (C=O) groups is 2. The van der Waals surface area contributed by atoms with Gasteiger partial charge in [-0.15, -0.1) is 13.2 Å². The SMILES string of the molecule is COc1cc(OC(F)(F)F)ccc1Oc1cc(C(F)(F)F)c(F)cc1C(=O)Nc1ccnc(C(C)=O)c1. The van der Waals surface area contributed by atoms with Gasteiger partial charge in [-0.05, 0) is 36.4 Å². The summed E-state index contributed by atoms with van der Waals surface area (Å²) in [6.45, 7) is 1.21. The van der Waals surface area contributed by atoms with Crippen molar-refractivity contribution in [3.8, 4) is 23.0 Å². The predicted octanol–water partition coefficient (Wildman–Crippen LogP) is 6.39. The smallest absolute Gasteiger partial charge is 0.493 e. The van der Waals surface area contributed by atoms with Crippen LogP contribution in [0.25, 0.3) is 0 Å². The van der Waals surface area contributed by atoms with Gasteiger partial charge in [0.2, 0.25) is 0 Å². The minimum absolute atomic E-state index is 0.0164. The van der Waals surface area contributed by atoms with Crippen LogP contribution in [-0.2, 0) is 6.18 Å². The summed E-state index contributed by atoms with van der Waals surface area (Å²) in [5.41, 5.74) is -2.48. The number of halogens is 7. The third kappa shape index (κ3) is 6.86. The number of methoxy groups -OCH3 is 1. The molecule has 0 aliphatic rings. The Morgan fingerprint density at radius 1 is 0.919 bits per heavy atom. The molecule has 0 radical (unpaired) electrons. The highest BCUT2D eigenvalue weighted by molar-refractivity contribution is 6.06. The number of rotatable bonds is 7. The fourth-order valence-electron chi connectivity index (χ4n) is 2.98. The van der Waals surface area contributed by atoms with Crippen LogP contribution in [0.1, 0.15) is 33.3 Å². The second-order valence-electron chi connectivity index (χ2n) is 7.23. The van der Waals surface area contributed by atoms with E-state index in [2.05, 4.69) is 15.0 Å². The fraction of sp³-hybridized carbons (Fsp3) is 0.174. The molecule has 1 heterocycles. The first-order chi connectivity index (χ1) is 17.2. The average Bonchev–Trinajstić information content (AvgIpc) is 2.79. The molecule has 7 nitrogen and oxygen atoms in total. The lowest BCUT2D eigenvalue weighted by Gasteiger charge is -2.17. The van der Waals surface area contributed by atoms with Crippen molar-refractivity contribution in [3.05, 3.63) is 71.3 Å². The van der Waals surface area contributed by atoms with Crippen molar-refractivity contribution >= 4 is 17.4 Å². The lowest BCUT2D eigenvalue weighted by molar-refractivity contribution is -0.274. The first kappa shape index (κ1) is 27.2. The van der Waals surface area contributed by atoms with Crippen LogP contribution >= 0.6 is 0 Å². The number of carbonyl (C=O) groups excluding carboxylic acids is 2. The Morgan fingerprint density at radius 2 is 1.62 bits per heavy atom. The zero-order valence-corrected chi connectivity index (χ0v) is 18.8. The van der Waals surface area contributed by atoms with Crippen LogP contribution < -0.4 is 19.5 Å². The predicted molar refractivity (Wildman–Crippen MR) is 113 cm³/mol. The van der Waals surface area contributed by atoms with E-state index in [1.165, 1.54) is 25.3 Å². The van der Waals surface area contributed by atoms with E-state index in [4.69, 9.17) is 9.47 Å². The molecule has 0 saturated carbocycles. The summed E-state index contributed by atoms with van der Waals surface area (Å²) < 4.78 is 106. The van der Waals surface area contributed by atoms with Crippen LogP contribution in [0, 0.1) is 5.82 Å². The Hall–Kier alpha value is -4.36. The zero-order chi connectivity index (χ0) is 27.5. The number of ketones is 1. The van der Waals surface area contributed by atoms with Crippen LogP contribution in [0.4, 0.5) is 36.4 Å². The molecule has 14 heteroatoms. The van der Waals surface area contributed by atoms with Crippen molar-refractivity contribution in [2.45, 2.75) is 19.5 Å². The minimum Gasteiger partial charge on any atom is -0.493 e. The standard InChI is InChI=1S/C23H15F7N2O5/c1-11(33)17-7-12(5-6-31-17)32-21(34)14-9-16(24)15(22(25,26)27)10-19(14)36-18-4-3-13(8-20(18)35-2)37-23(28,29)30/h3-10H,1-2H3,(H,31,32,34). The van der Waals surface area contributed by atoms with Gasteiger partial charge in [0.1, 0.15) is 23.0 Å². The molecule has 0 atom stereocenters. The van der Waals surface area contributed by atoms with Gasteiger partial charge < -0.3 is 19.5 Å². The Kier molecular flexibility index (Phi) is 7.60. The van der Waals surface area contributed by atoms with E-state index < -0.39 is 64.2 Å². The third-order valence-electron chi connectivity index (χ3n) is 4.59. The summed E-state index contributed by atoms with van der Waals surface area (Å²) >= 11 is 0. The summed E-state index contributed by atoms with van der Waals surface area (Å²) in [7, 11) is 1.04. The van der Waals surface area contributed by atoms with Crippen molar-refractivity contribution in [1.29, 1.82) is 0 Å². The van der Waals surface area contributed by atoms with E-state index in [-0.39, 0.29) is 23.5 Å². The maximum absolute atomic E-state index is 14.3. The molecule has 0 fully saturated rings. The molecular weight excluding hydrogens is 517 g/mol. The molecule has 0 aliphatic heterocycles. The van der Waals surface area contributed by atoms with Crippen molar-refractivity contribution < 1.29 is 54.5 Å². The van der Waals surface area contributed by atoms with Crippen LogP contribution in [0.15, 0.2) is 48.7 Å². The highest BCUT2D eigenvalue weighted by Crippen LogP contribution is 2.40. The van der Waals surface area contributed by atoms with Crippen molar-refractivity contribution in [1.82, 2.24) is 4.98 Å². The molecule has 1 aromatic heterocycles. The number of hydrogen-bond donors (Lipinski definition) is 1. The fourth-order valence-corrected chi connectivity index (χ4v) is 2.98. The van der Waals surface area contributed by atoms with E-state index in [1.54, 1.807) is 0 Å². The lowest BCUT2D eigenvalue weighted by Crippen LogP contribution is -2.17. The summed E-state index contributed by atoms with van der Waals surface area (Å²) in [4.78, 5) is 28.2. The quantitative estimate of drug-likeness (QED) is 0.280. The number of nitrogens with zero attached hydrogens (tertiary/aromatic N) is 1. The maximum atomic E-state index is 14.3. The third-order valence-corrected chi connectivity index (χ3v) is 4.59. The second-order valence-corrected chi connectivity index (χ2v) is 7.23. The second kappa shape index (κ2) is 10.3. The number of alkyl halides is 6. The Balaban J connectivity index is 2.04. The molecule has 1 N–H and O–H groups in total. The highest BCUT2D eigenvalue weighted by atomic mass is 19.4. The lowest BCUT2D eigenvalue weighted by atomic mass is 10.1. The van der Waals surface area contributed by atoms with Crippen LogP contribution in [0.3, 0.4) is 0 Å². The first-order valence-corrected chi connectivity index (χ1v) is 9.98. The molecule has 37 heavy (non-hydrogen) atoms. The number of amides is 1. The Morgan fingerprint density at radius 3 is 2.22 bits per heavy atom. The molecule has 0 aliphatic carbocycles. The normalized spacial score (nSPS) is 11.6. The number of hydrogen-bond acceptors (Lipinski definition) is 6. The van der Waals surface area contributed by atoms with Gasteiger partial charge in [-0.3, -0.25) is 14.6 Å². The number of aromatic nitrogens is 1. The largest absolute Gasteiger partial charge is 0.573 e. The van der Waals surface area contributed by atoms with Crippen LogP contribution in [0.5, 0.6) is 23.0 Å². The number of nitrogens with one attached hydrogen (secondary N) is 1. The van der Waals surface area contributed by atoms with Crippen LogP contribution in [-0.4, -0.2) is 30.1 Å². The van der Waals surface area contributed by atoms with E-state index >= 15 is 0 Å². The van der Waals surface area contributed by atoms with E-state index in [0.29, 0.717) is 0 Å². The topological polar surface area (TPSA) is 86.8 Å². The summed E-state index contributed by atoms with van der Waals surface area (Å²) in [5.74, 6) is -5.67. The average molecular weight is 532 g/mol. The van der Waals surface area contributed by atoms with E-state index in [1.807, 2.05) is 0 Å². The van der Waals surface area contributed by atoms with Gasteiger partial charge in [0.25, 0.3) is 5.91 Å². The van der Waals surface area contributed by atoms with E-state index in [9.17, 15) is 40.3 Å². The molecule has 0 bridgehead atoms. The van der Waals surface area contributed by atoms with Gasteiger partial charge in [0.15, 0.2) is 17.3 Å². The monoisotopic (exact) mass is 532 g/mol. The van der Waals surface area contributed by atoms with Crippen molar-refractivity contribution in [2.24, 2.45) is 0 Å². The molecule has 2 aromatic carbocycles. The van der Waals surface area contributed by atoms with Gasteiger partial charge in [-0.2, -0.15) is 13.2 Å². The van der Waals surface area contributed by atoms with Crippen molar-refractivity contribution in [3.63, 3.8) is 0 Å². The Labute approximate surface area is 203 Å². The summed E-state index contributed by atoms with van der Waals surface area (Å²) in [6, 6.07) is 5.39. The number of ether oxygens (including phenoxy) is 3. The summed E-state index contributed by atoms with van der Waals surface area (Å²) in [6.07, 6.45) is -9.02. The molecule has 196 valence electrons. The van der Waals surface area contributed by atoms with Gasteiger partial charge in [-0.25, -0.2) is 4.39 Å². The number of Topliss-reactive ketones (excluding diaryl/α,β-unsaturated/α-hetero) is 1. The first-order valence-electron chi connectivity index (χ1n) is 9.98. The molecular formula is C23H15F7N2O5. The number of anilines is 1. The molecule has 0 unspecified atom stereocenters. The molecule has 1 amide bonds. The maximum Gasteiger partial charge on any atom is 0.573 e. The van der Waals surface area contributed by atoms with Gasteiger partial charge >= 0.3 is 12.5 Å². The van der Waals surface area contributed by atoms with Crippen molar-refractivity contribution in [2.75, 3.05) is 12.4 Å². The van der Waals surface area contributed by atoms with Gasteiger partial charge in [0, 0.05) is 24.9 Å².